The average Bonchev–Trinajstić information content (AvgIpc) is 2.29. The fraction of sp³-hybridized carbons (Fsp3) is 0.400. The van der Waals surface area contributed by atoms with Gasteiger partial charge in [-0.15, -0.1) is 13.2 Å². The molecule has 7 nitrogen and oxygen atoms in total. The molecule has 1 aromatic heterocycles. The molecule has 0 aliphatic heterocycles. The number of nitrogens with zero attached hydrogens (tertiary/aromatic N) is 2. The lowest BCUT2D eigenvalue weighted by Gasteiger charge is -2.10. The van der Waals surface area contributed by atoms with Gasteiger partial charge in [-0.1, -0.05) is 0 Å². The Morgan fingerprint density at radius 3 is 2.55 bits per heavy atom. The van der Waals surface area contributed by atoms with Gasteiger partial charge in [0.05, 0.1) is 6.61 Å². The molecule has 0 radical (unpaired) electrons. The van der Waals surface area contributed by atoms with Crippen LogP contribution in [-0.4, -0.2) is 28.8 Å². The second-order valence-corrected chi connectivity index (χ2v) is 3.47. The topological polar surface area (TPSA) is 91.6 Å². The Bertz CT molecular complexity index is 544. The smallest absolute Gasteiger partial charge is 0.462 e. The van der Waals surface area contributed by atoms with Crippen LogP contribution < -0.4 is 4.74 Å². The van der Waals surface area contributed by atoms with Crippen molar-refractivity contribution < 1.29 is 32.4 Å². The van der Waals surface area contributed by atoms with E-state index in [2.05, 4.69) is 14.5 Å². The zero-order valence-electron chi connectivity index (χ0n) is 10.4. The first kappa shape index (κ1) is 15.7. The highest BCUT2D eigenvalue weighted by Gasteiger charge is 2.35. The third kappa shape index (κ3) is 3.80. The van der Waals surface area contributed by atoms with E-state index in [4.69, 9.17) is 0 Å². The van der Waals surface area contributed by atoms with Crippen LogP contribution in [-0.2, 0) is 4.74 Å². The van der Waals surface area contributed by atoms with E-state index in [1.54, 1.807) is 0 Å². The minimum absolute atomic E-state index is 0.0979. The third-order valence-corrected chi connectivity index (χ3v) is 2.04. The molecule has 0 spiro atoms. The molecular weight excluding hydrogens is 285 g/mol. The Balaban J connectivity index is 3.34. The second kappa shape index (κ2) is 5.72. The van der Waals surface area contributed by atoms with Gasteiger partial charge in [-0.05, 0) is 16.8 Å². The van der Waals surface area contributed by atoms with Crippen molar-refractivity contribution >= 4 is 11.8 Å². The minimum Gasteiger partial charge on any atom is -0.462 e. The monoisotopic (exact) mass is 294 g/mol. The molecule has 0 unspecified atom stereocenters. The Hall–Kier alpha value is -2.39. The standard InChI is InChI=1S/C10H9F3N2O5/c1-3-19-9(16)6-4-7(20-10(11,12)13)5(2)14-8(6)15(17)18/h4H,3H2,1-2H3. The number of hydrogen-bond acceptors (Lipinski definition) is 6. The highest BCUT2D eigenvalue weighted by Crippen LogP contribution is 2.29. The summed E-state index contributed by atoms with van der Waals surface area (Å²) in [6.07, 6.45) is -5.01. The summed E-state index contributed by atoms with van der Waals surface area (Å²) in [7, 11) is 0. The molecule has 0 aliphatic rings. The molecular formula is C10H9F3N2O5. The fourth-order valence-corrected chi connectivity index (χ4v) is 1.30. The van der Waals surface area contributed by atoms with Crippen LogP contribution in [0.25, 0.3) is 0 Å². The van der Waals surface area contributed by atoms with Gasteiger partial charge in [0.15, 0.2) is 17.0 Å². The van der Waals surface area contributed by atoms with E-state index in [-0.39, 0.29) is 12.3 Å². The molecule has 0 amide bonds. The van der Waals surface area contributed by atoms with Gasteiger partial charge < -0.3 is 19.6 Å². The first-order valence-corrected chi connectivity index (χ1v) is 5.24. The van der Waals surface area contributed by atoms with Crippen LogP contribution in [0.4, 0.5) is 19.0 Å². The summed E-state index contributed by atoms with van der Waals surface area (Å²) in [5.41, 5.74) is -1.08. The van der Waals surface area contributed by atoms with E-state index in [1.165, 1.54) is 6.92 Å². The first-order chi connectivity index (χ1) is 9.15. The van der Waals surface area contributed by atoms with Crippen LogP contribution in [0, 0.1) is 17.0 Å². The number of carbonyl (C=O) groups is 1. The molecule has 20 heavy (non-hydrogen) atoms. The van der Waals surface area contributed by atoms with Crippen molar-refractivity contribution in [2.45, 2.75) is 20.2 Å². The van der Waals surface area contributed by atoms with E-state index >= 15 is 0 Å². The van der Waals surface area contributed by atoms with Crippen LogP contribution in [0.5, 0.6) is 5.75 Å². The molecule has 0 bridgehead atoms. The molecule has 110 valence electrons. The molecule has 0 N–H and O–H groups in total. The van der Waals surface area contributed by atoms with Crippen molar-refractivity contribution in [3.05, 3.63) is 27.4 Å². The Morgan fingerprint density at radius 1 is 1.50 bits per heavy atom. The predicted molar refractivity (Wildman–Crippen MR) is 58.3 cm³/mol. The lowest BCUT2D eigenvalue weighted by Crippen LogP contribution is -2.19. The number of pyridine rings is 1. The normalized spacial score (nSPS) is 11.1. The minimum atomic E-state index is -5.01. The zero-order valence-corrected chi connectivity index (χ0v) is 10.4. The maximum absolute atomic E-state index is 12.2. The third-order valence-electron chi connectivity index (χ3n) is 2.04. The predicted octanol–water partition coefficient (Wildman–Crippen LogP) is 2.37. The number of nitro groups is 1. The average molecular weight is 294 g/mol. The summed E-state index contributed by atoms with van der Waals surface area (Å²) in [5, 5.41) is 10.8. The maximum Gasteiger partial charge on any atom is 0.573 e. The van der Waals surface area contributed by atoms with E-state index in [9.17, 15) is 28.1 Å². The largest absolute Gasteiger partial charge is 0.573 e. The first-order valence-electron chi connectivity index (χ1n) is 5.24. The fourth-order valence-electron chi connectivity index (χ4n) is 1.30. The maximum atomic E-state index is 12.2. The molecule has 0 atom stereocenters. The molecule has 1 heterocycles. The second-order valence-electron chi connectivity index (χ2n) is 3.47. The van der Waals surface area contributed by atoms with E-state index < -0.39 is 34.4 Å². The number of hydrogen-bond donors (Lipinski definition) is 0. The Kier molecular flexibility index (Phi) is 4.48. The van der Waals surface area contributed by atoms with Crippen LogP contribution in [0.1, 0.15) is 23.0 Å². The van der Waals surface area contributed by atoms with E-state index in [1.807, 2.05) is 0 Å². The molecule has 1 rings (SSSR count). The molecule has 1 aromatic rings. The Labute approximate surface area is 110 Å². The van der Waals surface area contributed by atoms with E-state index in [0.29, 0.717) is 6.07 Å². The van der Waals surface area contributed by atoms with Crippen molar-refractivity contribution in [2.75, 3.05) is 6.61 Å². The number of alkyl halides is 3. The van der Waals surface area contributed by atoms with Gasteiger partial charge in [0.1, 0.15) is 0 Å². The van der Waals surface area contributed by atoms with Gasteiger partial charge in [-0.3, -0.25) is 0 Å². The summed E-state index contributed by atoms with van der Waals surface area (Å²) in [6, 6.07) is 0.589. The Morgan fingerprint density at radius 2 is 2.10 bits per heavy atom. The quantitative estimate of drug-likeness (QED) is 0.481. The summed E-state index contributed by atoms with van der Waals surface area (Å²) in [4.78, 5) is 24.6. The number of carbonyl (C=O) groups excluding carboxylic acids is 1. The van der Waals surface area contributed by atoms with Crippen molar-refractivity contribution in [1.82, 2.24) is 4.98 Å². The number of halogens is 3. The summed E-state index contributed by atoms with van der Waals surface area (Å²) < 4.78 is 44.7. The summed E-state index contributed by atoms with van der Waals surface area (Å²) in [5.74, 6) is -2.85. The molecule has 0 fully saturated rings. The van der Waals surface area contributed by atoms with Crippen LogP contribution in [0.3, 0.4) is 0 Å². The number of aryl methyl sites for hydroxylation is 1. The highest BCUT2D eigenvalue weighted by molar-refractivity contribution is 5.93. The summed E-state index contributed by atoms with van der Waals surface area (Å²) >= 11 is 0. The molecule has 0 aromatic carbocycles. The van der Waals surface area contributed by atoms with Crippen molar-refractivity contribution in [1.29, 1.82) is 0 Å². The van der Waals surface area contributed by atoms with Gasteiger partial charge in [-0.25, -0.2) is 4.79 Å². The van der Waals surface area contributed by atoms with Gasteiger partial charge in [-0.2, -0.15) is 0 Å². The molecule has 0 saturated carbocycles. The molecule has 0 saturated heterocycles. The SMILES string of the molecule is CCOC(=O)c1cc(OC(F)(F)F)c(C)nc1[N+](=O)[O-]. The number of esters is 1. The van der Waals surface area contributed by atoms with Gasteiger partial charge >= 0.3 is 18.1 Å². The summed E-state index contributed by atoms with van der Waals surface area (Å²) in [6.45, 7) is 2.43. The van der Waals surface area contributed by atoms with Crippen molar-refractivity contribution in [3.63, 3.8) is 0 Å². The lowest BCUT2D eigenvalue weighted by molar-refractivity contribution is -0.390. The van der Waals surface area contributed by atoms with Crippen molar-refractivity contribution in [2.24, 2.45) is 0 Å². The highest BCUT2D eigenvalue weighted by atomic mass is 19.4. The number of rotatable bonds is 4. The molecule has 10 heteroatoms. The lowest BCUT2D eigenvalue weighted by atomic mass is 10.2. The zero-order chi connectivity index (χ0) is 15.5. The van der Waals surface area contributed by atoms with Gasteiger partial charge in [0.2, 0.25) is 0 Å². The van der Waals surface area contributed by atoms with E-state index in [0.717, 1.165) is 6.92 Å². The number of ether oxygens (including phenoxy) is 2. The van der Waals surface area contributed by atoms with Gasteiger partial charge in [0, 0.05) is 13.0 Å². The molecule has 0 aliphatic carbocycles. The van der Waals surface area contributed by atoms with Crippen molar-refractivity contribution in [3.8, 4) is 5.75 Å². The number of aromatic nitrogens is 1. The van der Waals surface area contributed by atoms with Crippen LogP contribution >= 0.6 is 0 Å². The van der Waals surface area contributed by atoms with Crippen LogP contribution in [0.15, 0.2) is 6.07 Å². The van der Waals surface area contributed by atoms with Gasteiger partial charge in [0.25, 0.3) is 0 Å². The van der Waals surface area contributed by atoms with Crippen LogP contribution in [0.2, 0.25) is 0 Å².